The van der Waals surface area contributed by atoms with Crippen molar-refractivity contribution in [3.63, 3.8) is 0 Å². The largest absolute Gasteiger partial charge is 0.372 e. The second-order valence-electron chi connectivity index (χ2n) is 6.41. The summed E-state index contributed by atoms with van der Waals surface area (Å²) in [5.74, 6) is 1.02. The van der Waals surface area contributed by atoms with Crippen LogP contribution < -0.4 is 5.32 Å². The summed E-state index contributed by atoms with van der Waals surface area (Å²) in [5, 5.41) is 3.21. The van der Waals surface area contributed by atoms with Gasteiger partial charge in [-0.25, -0.2) is 9.97 Å². The molecule has 2 aliphatic rings. The summed E-state index contributed by atoms with van der Waals surface area (Å²) in [6, 6.07) is 1.78. The third kappa shape index (κ3) is 3.47. The van der Waals surface area contributed by atoms with Crippen molar-refractivity contribution >= 4 is 16.2 Å². The van der Waals surface area contributed by atoms with E-state index in [1.165, 1.54) is 8.61 Å². The van der Waals surface area contributed by atoms with E-state index in [4.69, 9.17) is 4.74 Å². The van der Waals surface area contributed by atoms with Gasteiger partial charge in [-0.1, -0.05) is 0 Å². The average molecular weight is 341 g/mol. The number of ether oxygens (including phenoxy) is 1. The minimum Gasteiger partial charge on any atom is -0.372 e. The monoisotopic (exact) mass is 341 g/mol. The zero-order chi connectivity index (χ0) is 16.5. The van der Waals surface area contributed by atoms with Crippen molar-refractivity contribution in [2.45, 2.75) is 18.4 Å². The Labute approximate surface area is 137 Å². The zero-order valence-electron chi connectivity index (χ0n) is 13.5. The van der Waals surface area contributed by atoms with Gasteiger partial charge in [-0.2, -0.15) is 17.0 Å². The fourth-order valence-corrected chi connectivity index (χ4v) is 4.20. The molecule has 2 fully saturated rings. The summed E-state index contributed by atoms with van der Waals surface area (Å²) < 4.78 is 32.8. The van der Waals surface area contributed by atoms with E-state index >= 15 is 0 Å². The fourth-order valence-electron chi connectivity index (χ4n) is 2.94. The van der Waals surface area contributed by atoms with Gasteiger partial charge in [0, 0.05) is 46.1 Å². The third-order valence-electron chi connectivity index (χ3n) is 4.46. The normalized spacial score (nSPS) is 24.6. The van der Waals surface area contributed by atoms with Crippen LogP contribution in [0.1, 0.15) is 12.8 Å². The molecule has 0 radical (unpaired) electrons. The van der Waals surface area contributed by atoms with E-state index in [9.17, 15) is 8.42 Å². The molecule has 1 aromatic rings. The number of hydrogen-bond acceptors (Lipinski definition) is 6. The van der Waals surface area contributed by atoms with Crippen LogP contribution in [0.4, 0.5) is 5.95 Å². The highest BCUT2D eigenvalue weighted by Crippen LogP contribution is 2.37. The Morgan fingerprint density at radius 3 is 2.65 bits per heavy atom. The maximum absolute atomic E-state index is 12.0. The Kier molecular flexibility index (Phi) is 4.54. The van der Waals surface area contributed by atoms with E-state index < -0.39 is 10.2 Å². The Morgan fingerprint density at radius 2 is 2.09 bits per heavy atom. The zero-order valence-corrected chi connectivity index (χ0v) is 14.3. The van der Waals surface area contributed by atoms with Gasteiger partial charge in [0.1, 0.15) is 0 Å². The number of anilines is 1. The van der Waals surface area contributed by atoms with Crippen molar-refractivity contribution in [2.24, 2.45) is 5.92 Å². The van der Waals surface area contributed by atoms with Gasteiger partial charge in [-0.3, -0.25) is 0 Å². The lowest BCUT2D eigenvalue weighted by Gasteiger charge is -2.52. The van der Waals surface area contributed by atoms with Gasteiger partial charge in [0.15, 0.2) is 0 Å². The van der Waals surface area contributed by atoms with E-state index in [1.54, 1.807) is 32.6 Å². The molecule has 1 atom stereocenters. The smallest absolute Gasteiger partial charge is 0.281 e. The molecular formula is C14H23N5O3S. The quantitative estimate of drug-likeness (QED) is 0.822. The summed E-state index contributed by atoms with van der Waals surface area (Å²) in [4.78, 5) is 8.26. The molecule has 1 aromatic heterocycles. The number of hydrogen-bond donors (Lipinski definition) is 1. The van der Waals surface area contributed by atoms with Crippen LogP contribution in [0, 0.1) is 5.92 Å². The first-order valence-electron chi connectivity index (χ1n) is 7.74. The molecule has 1 N–H and O–H groups in total. The highest BCUT2D eigenvalue weighted by molar-refractivity contribution is 7.86. The lowest BCUT2D eigenvalue weighted by Crippen LogP contribution is -2.67. The van der Waals surface area contributed by atoms with Crippen LogP contribution in [0.5, 0.6) is 0 Å². The highest BCUT2D eigenvalue weighted by atomic mass is 32.2. The van der Waals surface area contributed by atoms with E-state index in [2.05, 4.69) is 15.3 Å². The standard InChI is InChI=1S/C14H23N5O3S/c1-18(2)23(20,21)19-10-14(11-19)5-4-12(9-22-14)8-17-13-15-6-3-7-16-13/h3,6-7,12H,4-5,8-11H2,1-2H3,(H,15,16,17)/t12-/m0/s1. The summed E-state index contributed by atoms with van der Waals surface area (Å²) in [5.41, 5.74) is -0.289. The first-order chi connectivity index (χ1) is 10.9. The van der Waals surface area contributed by atoms with Crippen molar-refractivity contribution < 1.29 is 13.2 Å². The molecule has 2 saturated heterocycles. The number of aromatic nitrogens is 2. The first-order valence-corrected chi connectivity index (χ1v) is 9.13. The Bertz CT molecular complexity index is 621. The number of nitrogens with one attached hydrogen (secondary N) is 1. The van der Waals surface area contributed by atoms with E-state index in [0.717, 1.165) is 19.4 Å². The van der Waals surface area contributed by atoms with E-state index in [-0.39, 0.29) is 5.60 Å². The molecule has 23 heavy (non-hydrogen) atoms. The molecule has 9 heteroatoms. The van der Waals surface area contributed by atoms with Crippen LogP contribution in [0.25, 0.3) is 0 Å². The highest BCUT2D eigenvalue weighted by Gasteiger charge is 2.51. The molecule has 2 aliphatic heterocycles. The van der Waals surface area contributed by atoms with Gasteiger partial charge in [-0.15, -0.1) is 0 Å². The predicted octanol–water partition coefficient (Wildman–Crippen LogP) is 0.176. The summed E-state index contributed by atoms with van der Waals surface area (Å²) >= 11 is 0. The van der Waals surface area contributed by atoms with Crippen molar-refractivity contribution in [1.29, 1.82) is 0 Å². The van der Waals surface area contributed by atoms with Crippen molar-refractivity contribution in [2.75, 3.05) is 45.7 Å². The Hall–Kier alpha value is -1.29. The van der Waals surface area contributed by atoms with Crippen LogP contribution in [-0.4, -0.2) is 72.9 Å². The average Bonchev–Trinajstić information content (AvgIpc) is 2.52. The van der Waals surface area contributed by atoms with Crippen LogP contribution in [0.15, 0.2) is 18.5 Å². The minimum absolute atomic E-state index is 0.289. The molecule has 3 rings (SSSR count). The summed E-state index contributed by atoms with van der Waals surface area (Å²) in [6.07, 6.45) is 5.30. The molecule has 8 nitrogen and oxygen atoms in total. The second kappa shape index (κ2) is 6.31. The van der Waals surface area contributed by atoms with Gasteiger partial charge >= 0.3 is 0 Å². The fraction of sp³-hybridized carbons (Fsp3) is 0.714. The van der Waals surface area contributed by atoms with Gasteiger partial charge in [0.25, 0.3) is 10.2 Å². The molecule has 1 spiro atoms. The SMILES string of the molecule is CN(C)S(=O)(=O)N1CC2(CC[C@@H](CNc3ncccn3)CO2)C1. The first kappa shape index (κ1) is 16.6. The van der Waals surface area contributed by atoms with Gasteiger partial charge < -0.3 is 10.1 Å². The molecule has 0 unspecified atom stereocenters. The molecule has 0 saturated carbocycles. The van der Waals surface area contributed by atoms with E-state index in [0.29, 0.717) is 31.6 Å². The Balaban J connectivity index is 1.45. The van der Waals surface area contributed by atoms with E-state index in [1.807, 2.05) is 0 Å². The van der Waals surface area contributed by atoms with Gasteiger partial charge in [0.2, 0.25) is 5.95 Å². The van der Waals surface area contributed by atoms with Crippen molar-refractivity contribution in [3.8, 4) is 0 Å². The van der Waals surface area contributed by atoms with Crippen LogP contribution in [0.2, 0.25) is 0 Å². The third-order valence-corrected chi connectivity index (χ3v) is 6.30. The number of nitrogens with zero attached hydrogens (tertiary/aromatic N) is 4. The minimum atomic E-state index is -3.32. The maximum atomic E-state index is 12.0. The molecule has 0 amide bonds. The lowest BCUT2D eigenvalue weighted by atomic mass is 9.84. The maximum Gasteiger partial charge on any atom is 0.281 e. The molecule has 3 heterocycles. The summed E-state index contributed by atoms with van der Waals surface area (Å²) in [6.45, 7) is 2.31. The van der Waals surface area contributed by atoms with Crippen LogP contribution in [-0.2, 0) is 14.9 Å². The van der Waals surface area contributed by atoms with Crippen molar-refractivity contribution in [1.82, 2.24) is 18.6 Å². The van der Waals surface area contributed by atoms with Gasteiger partial charge in [0.05, 0.1) is 12.2 Å². The lowest BCUT2D eigenvalue weighted by molar-refractivity contribution is -0.156. The predicted molar refractivity (Wildman–Crippen MR) is 86.1 cm³/mol. The Morgan fingerprint density at radius 1 is 1.39 bits per heavy atom. The molecule has 0 aliphatic carbocycles. The van der Waals surface area contributed by atoms with Crippen LogP contribution >= 0.6 is 0 Å². The second-order valence-corrected chi connectivity index (χ2v) is 8.55. The topological polar surface area (TPSA) is 87.7 Å². The summed E-state index contributed by atoms with van der Waals surface area (Å²) in [7, 11) is -0.216. The van der Waals surface area contributed by atoms with Crippen LogP contribution in [0.3, 0.4) is 0 Å². The van der Waals surface area contributed by atoms with Crippen molar-refractivity contribution in [3.05, 3.63) is 18.5 Å². The number of rotatable bonds is 5. The molecule has 0 aromatic carbocycles. The van der Waals surface area contributed by atoms with Gasteiger partial charge in [-0.05, 0) is 24.8 Å². The molecule has 0 bridgehead atoms. The molecular weight excluding hydrogens is 318 g/mol. The molecule has 128 valence electrons.